The van der Waals surface area contributed by atoms with Gasteiger partial charge >= 0.3 is 0 Å². The lowest BCUT2D eigenvalue weighted by Gasteiger charge is -2.34. The minimum Gasteiger partial charge on any atom is -0.381 e. The fourth-order valence-electron chi connectivity index (χ4n) is 1.23. The van der Waals surface area contributed by atoms with Gasteiger partial charge in [0.15, 0.2) is 0 Å². The molecule has 0 aliphatic heterocycles. The van der Waals surface area contributed by atoms with Crippen molar-refractivity contribution in [3.8, 4) is 0 Å². The first-order valence-corrected chi connectivity index (χ1v) is 4.95. The third kappa shape index (κ3) is 4.89. The highest BCUT2D eigenvalue weighted by Gasteiger charge is 2.31. The largest absolute Gasteiger partial charge is 0.381 e. The summed E-state index contributed by atoms with van der Waals surface area (Å²) in [6, 6.07) is 0. The third-order valence-corrected chi connectivity index (χ3v) is 2.67. The molecule has 0 rings (SSSR count). The molecule has 0 saturated carbocycles. The minimum absolute atomic E-state index is 0.137. The first-order chi connectivity index (χ1) is 5.73. The van der Waals surface area contributed by atoms with E-state index in [2.05, 4.69) is 33.7 Å². The number of rotatable bonds is 4. The van der Waals surface area contributed by atoms with Crippen molar-refractivity contribution >= 4 is 12.9 Å². The summed E-state index contributed by atoms with van der Waals surface area (Å²) in [6.45, 7) is 10.5. The fourth-order valence-corrected chi connectivity index (χ4v) is 1.30. The van der Waals surface area contributed by atoms with Crippen molar-refractivity contribution in [1.29, 1.82) is 0 Å². The second-order valence-electron chi connectivity index (χ2n) is 5.15. The summed E-state index contributed by atoms with van der Waals surface area (Å²) in [4.78, 5) is 0. The molecule has 0 heterocycles. The summed E-state index contributed by atoms with van der Waals surface area (Å²) in [7, 11) is 1.74. The predicted molar refractivity (Wildman–Crippen MR) is 59.0 cm³/mol. The van der Waals surface area contributed by atoms with Crippen LogP contribution in [0.2, 0.25) is 0 Å². The molecule has 1 atom stereocenters. The van der Waals surface area contributed by atoms with Crippen LogP contribution in [0.3, 0.4) is 0 Å². The van der Waals surface area contributed by atoms with Crippen LogP contribution in [0.5, 0.6) is 0 Å². The van der Waals surface area contributed by atoms with Crippen LogP contribution in [-0.4, -0.2) is 18.8 Å². The second-order valence-corrected chi connectivity index (χ2v) is 5.33. The van der Waals surface area contributed by atoms with E-state index in [9.17, 15) is 0 Å². The Morgan fingerprint density at radius 1 is 1.15 bits per heavy atom. The average Bonchev–Trinajstić information content (AvgIpc) is 1.98. The summed E-state index contributed by atoms with van der Waals surface area (Å²) >= 11 is 3.85. The number of ether oxygens (including phenoxy) is 1. The SMILES string of the molecule is COC(CC(C)(C)OS)C(C)(C)C. The Morgan fingerprint density at radius 3 is 1.85 bits per heavy atom. The van der Waals surface area contributed by atoms with Crippen molar-refractivity contribution in [2.75, 3.05) is 7.11 Å². The Bertz CT molecular complexity index is 149. The van der Waals surface area contributed by atoms with Gasteiger partial charge in [-0.25, -0.2) is 0 Å². The molecule has 0 spiro atoms. The van der Waals surface area contributed by atoms with Gasteiger partial charge in [-0.3, -0.25) is 0 Å². The summed E-state index contributed by atoms with van der Waals surface area (Å²) in [5, 5.41) is 0. The lowest BCUT2D eigenvalue weighted by atomic mass is 9.83. The molecule has 0 aliphatic carbocycles. The van der Waals surface area contributed by atoms with E-state index in [1.54, 1.807) is 7.11 Å². The van der Waals surface area contributed by atoms with Gasteiger partial charge in [-0.2, -0.15) is 0 Å². The Kier molecular flexibility index (Phi) is 4.77. The molecule has 0 saturated heterocycles. The van der Waals surface area contributed by atoms with Gasteiger partial charge in [0.05, 0.1) is 11.7 Å². The highest BCUT2D eigenvalue weighted by molar-refractivity contribution is 7.75. The van der Waals surface area contributed by atoms with Gasteiger partial charge in [0.2, 0.25) is 0 Å². The second kappa shape index (κ2) is 4.67. The van der Waals surface area contributed by atoms with E-state index in [4.69, 9.17) is 8.92 Å². The maximum absolute atomic E-state index is 5.44. The maximum atomic E-state index is 5.44. The molecule has 0 aliphatic rings. The van der Waals surface area contributed by atoms with Gasteiger partial charge in [-0.05, 0) is 32.2 Å². The molecular formula is C10H22O2S. The highest BCUT2D eigenvalue weighted by atomic mass is 32.1. The van der Waals surface area contributed by atoms with Crippen LogP contribution in [0.1, 0.15) is 41.0 Å². The standard InChI is InChI=1S/C10H22O2S/c1-9(2,3)8(11-6)7-10(4,5)12-13/h8,13H,7H2,1-6H3. The zero-order valence-corrected chi connectivity index (χ0v) is 10.4. The van der Waals surface area contributed by atoms with Crippen LogP contribution < -0.4 is 0 Å². The van der Waals surface area contributed by atoms with E-state index < -0.39 is 0 Å². The summed E-state index contributed by atoms with van der Waals surface area (Å²) < 4.78 is 10.5. The number of thiol groups is 1. The average molecular weight is 206 g/mol. The van der Waals surface area contributed by atoms with Crippen LogP contribution >= 0.6 is 12.9 Å². The highest BCUT2D eigenvalue weighted by Crippen LogP contribution is 2.30. The zero-order chi connectivity index (χ0) is 10.7. The summed E-state index contributed by atoms with van der Waals surface area (Å²) in [5.41, 5.74) is -0.102. The minimum atomic E-state index is -0.239. The zero-order valence-electron chi connectivity index (χ0n) is 9.55. The van der Waals surface area contributed by atoms with Crippen molar-refractivity contribution in [2.24, 2.45) is 5.41 Å². The van der Waals surface area contributed by atoms with Gasteiger partial charge in [-0.1, -0.05) is 20.8 Å². The smallest absolute Gasteiger partial charge is 0.0794 e. The van der Waals surface area contributed by atoms with Gasteiger partial charge in [0.1, 0.15) is 0 Å². The molecule has 0 fully saturated rings. The molecule has 2 nitrogen and oxygen atoms in total. The molecule has 80 valence electrons. The van der Waals surface area contributed by atoms with Crippen LogP contribution in [0.4, 0.5) is 0 Å². The van der Waals surface area contributed by atoms with E-state index in [0.717, 1.165) is 6.42 Å². The van der Waals surface area contributed by atoms with Crippen molar-refractivity contribution < 1.29 is 8.92 Å². The molecule has 0 aromatic carbocycles. The van der Waals surface area contributed by atoms with Crippen molar-refractivity contribution in [1.82, 2.24) is 0 Å². The van der Waals surface area contributed by atoms with E-state index in [1.807, 2.05) is 13.8 Å². The Morgan fingerprint density at radius 2 is 1.62 bits per heavy atom. The van der Waals surface area contributed by atoms with Gasteiger partial charge in [0.25, 0.3) is 0 Å². The van der Waals surface area contributed by atoms with Crippen molar-refractivity contribution in [3.05, 3.63) is 0 Å². The van der Waals surface area contributed by atoms with Gasteiger partial charge < -0.3 is 8.92 Å². The van der Waals surface area contributed by atoms with Crippen LogP contribution in [0.15, 0.2) is 0 Å². The monoisotopic (exact) mass is 206 g/mol. The Balaban J connectivity index is 4.30. The van der Waals surface area contributed by atoms with E-state index in [1.165, 1.54) is 0 Å². The number of hydrogen-bond donors (Lipinski definition) is 1. The van der Waals surface area contributed by atoms with Crippen LogP contribution in [0, 0.1) is 5.41 Å². The third-order valence-electron chi connectivity index (χ3n) is 2.17. The predicted octanol–water partition coefficient (Wildman–Crippen LogP) is 3.08. The van der Waals surface area contributed by atoms with Crippen LogP contribution in [-0.2, 0) is 8.92 Å². The normalized spacial score (nSPS) is 15.9. The topological polar surface area (TPSA) is 18.5 Å². The lowest BCUT2D eigenvalue weighted by Crippen LogP contribution is -2.36. The van der Waals surface area contributed by atoms with E-state index in [0.29, 0.717) is 0 Å². The first-order valence-electron chi connectivity index (χ1n) is 4.58. The quantitative estimate of drug-likeness (QED) is 0.563. The lowest BCUT2D eigenvalue weighted by molar-refractivity contribution is -0.0320. The van der Waals surface area contributed by atoms with Gasteiger partial charge in [-0.15, -0.1) is 0 Å². The summed E-state index contributed by atoms with van der Waals surface area (Å²) in [6.07, 6.45) is 1.03. The molecule has 0 N–H and O–H groups in total. The fraction of sp³-hybridized carbons (Fsp3) is 1.00. The molecule has 0 amide bonds. The number of methoxy groups -OCH3 is 1. The van der Waals surface area contributed by atoms with Crippen molar-refractivity contribution in [3.63, 3.8) is 0 Å². The summed E-state index contributed by atoms with van der Waals surface area (Å²) in [5.74, 6) is 0. The molecule has 0 aromatic rings. The van der Waals surface area contributed by atoms with Crippen molar-refractivity contribution in [2.45, 2.75) is 52.7 Å². The molecular weight excluding hydrogens is 184 g/mol. The Labute approximate surface area is 87.6 Å². The molecule has 13 heavy (non-hydrogen) atoms. The molecule has 0 aromatic heterocycles. The van der Waals surface area contributed by atoms with E-state index >= 15 is 0 Å². The first kappa shape index (κ1) is 13.3. The molecule has 3 heteroatoms. The van der Waals surface area contributed by atoms with Gasteiger partial charge in [0, 0.05) is 13.5 Å². The number of hydrogen-bond acceptors (Lipinski definition) is 3. The molecule has 0 radical (unpaired) electrons. The molecule has 1 unspecified atom stereocenters. The Hall–Kier alpha value is 0.270. The van der Waals surface area contributed by atoms with E-state index in [-0.39, 0.29) is 17.1 Å². The maximum Gasteiger partial charge on any atom is 0.0794 e. The van der Waals surface area contributed by atoms with Crippen LogP contribution in [0.25, 0.3) is 0 Å². The molecule has 0 bridgehead atoms.